The minimum atomic E-state index is -3.91. The number of amides is 1. The normalized spacial score (nSPS) is 27.2. The Bertz CT molecular complexity index is 795. The summed E-state index contributed by atoms with van der Waals surface area (Å²) in [5.74, 6) is -2.34. The maximum absolute atomic E-state index is 13.0. The molecule has 1 N–H and O–H groups in total. The molecule has 2 fully saturated rings. The molecule has 2 atom stereocenters. The molecule has 2 saturated heterocycles. The fourth-order valence-corrected chi connectivity index (χ4v) is 5.05. The average molecular weight is 356 g/mol. The van der Waals surface area contributed by atoms with Gasteiger partial charge in [0.2, 0.25) is 15.9 Å². The quantitative estimate of drug-likeness (QED) is 0.845. The number of nitrogens with zero attached hydrogens (tertiary/aromatic N) is 2. The summed E-state index contributed by atoms with van der Waals surface area (Å²) < 4.78 is 39.5. The Kier molecular flexibility index (Phi) is 3.88. The summed E-state index contributed by atoms with van der Waals surface area (Å²) in [6, 6.07) is 4.42. The lowest BCUT2D eigenvalue weighted by atomic mass is 9.81. The summed E-state index contributed by atoms with van der Waals surface area (Å²) in [5.41, 5.74) is -1.29. The first-order valence-corrected chi connectivity index (χ1v) is 8.85. The number of carbonyl (C=O) groups is 2. The molecule has 1 aromatic carbocycles. The zero-order chi connectivity index (χ0) is 17.7. The van der Waals surface area contributed by atoms with E-state index in [1.54, 1.807) is 0 Å². The van der Waals surface area contributed by atoms with Crippen molar-refractivity contribution in [2.45, 2.75) is 11.8 Å². The van der Waals surface area contributed by atoms with E-state index in [1.165, 1.54) is 11.8 Å². The van der Waals surface area contributed by atoms with Gasteiger partial charge in [0.15, 0.2) is 0 Å². The van der Waals surface area contributed by atoms with Gasteiger partial charge >= 0.3 is 5.97 Å². The fourth-order valence-electron chi connectivity index (χ4n) is 3.50. The van der Waals surface area contributed by atoms with Crippen LogP contribution in [-0.2, 0) is 19.6 Å². The average Bonchev–Trinajstić information content (AvgIpc) is 3.03. The van der Waals surface area contributed by atoms with Gasteiger partial charge in [0.05, 0.1) is 4.90 Å². The molecule has 9 heteroatoms. The van der Waals surface area contributed by atoms with Crippen molar-refractivity contribution in [3.05, 3.63) is 30.1 Å². The molecule has 1 aromatic rings. The van der Waals surface area contributed by atoms with Crippen LogP contribution in [0.15, 0.2) is 29.2 Å². The van der Waals surface area contributed by atoms with Gasteiger partial charge in [0.25, 0.3) is 0 Å². The van der Waals surface area contributed by atoms with Crippen molar-refractivity contribution in [1.82, 2.24) is 9.21 Å². The van der Waals surface area contributed by atoms with Gasteiger partial charge in [-0.05, 0) is 24.3 Å². The third-order valence-corrected chi connectivity index (χ3v) is 6.73. The fraction of sp³-hybridized carbons (Fsp3) is 0.467. The first kappa shape index (κ1) is 16.8. The molecule has 7 nitrogen and oxygen atoms in total. The second-order valence-electron chi connectivity index (χ2n) is 6.31. The van der Waals surface area contributed by atoms with E-state index >= 15 is 0 Å². The number of benzene rings is 1. The molecule has 0 spiro atoms. The van der Waals surface area contributed by atoms with Gasteiger partial charge in [-0.2, -0.15) is 4.31 Å². The molecule has 0 aromatic heterocycles. The Labute approximate surface area is 138 Å². The lowest BCUT2D eigenvalue weighted by Crippen LogP contribution is -2.42. The molecule has 2 aliphatic rings. The summed E-state index contributed by atoms with van der Waals surface area (Å²) in [6.07, 6.45) is 0. The zero-order valence-electron chi connectivity index (χ0n) is 13.0. The molecule has 1 amide bonds. The van der Waals surface area contributed by atoms with Crippen LogP contribution in [0.2, 0.25) is 0 Å². The van der Waals surface area contributed by atoms with Gasteiger partial charge in [0, 0.05) is 39.0 Å². The van der Waals surface area contributed by atoms with Crippen LogP contribution in [0.25, 0.3) is 0 Å². The molecule has 24 heavy (non-hydrogen) atoms. The third kappa shape index (κ3) is 2.48. The van der Waals surface area contributed by atoms with E-state index in [1.807, 2.05) is 0 Å². The first-order valence-electron chi connectivity index (χ1n) is 7.41. The number of aliphatic carboxylic acids is 1. The van der Waals surface area contributed by atoms with Gasteiger partial charge in [-0.15, -0.1) is 0 Å². The SMILES string of the molecule is CC(=O)N1C[C@H]2CN(S(=O)(=O)c3ccc(F)cc3)C[C@@]2(C(=O)O)C1. The Morgan fingerprint density at radius 3 is 2.33 bits per heavy atom. The first-order chi connectivity index (χ1) is 11.2. The summed E-state index contributed by atoms with van der Waals surface area (Å²) in [6.45, 7) is 1.41. The van der Waals surface area contributed by atoms with Gasteiger partial charge in [-0.1, -0.05) is 0 Å². The number of carbonyl (C=O) groups excluding carboxylic acids is 1. The minimum absolute atomic E-state index is 0.00221. The molecule has 0 radical (unpaired) electrons. The number of likely N-dealkylation sites (tertiary alicyclic amines) is 1. The van der Waals surface area contributed by atoms with Crippen molar-refractivity contribution in [2.75, 3.05) is 26.2 Å². The third-order valence-electron chi connectivity index (χ3n) is 4.90. The van der Waals surface area contributed by atoms with Crippen molar-refractivity contribution in [3.8, 4) is 0 Å². The second-order valence-corrected chi connectivity index (χ2v) is 8.25. The number of hydrogen-bond acceptors (Lipinski definition) is 4. The van der Waals surface area contributed by atoms with Crippen molar-refractivity contribution in [3.63, 3.8) is 0 Å². The van der Waals surface area contributed by atoms with E-state index < -0.39 is 33.1 Å². The maximum atomic E-state index is 13.0. The lowest BCUT2D eigenvalue weighted by Gasteiger charge is -2.24. The van der Waals surface area contributed by atoms with Gasteiger partial charge < -0.3 is 10.0 Å². The molecule has 130 valence electrons. The van der Waals surface area contributed by atoms with Gasteiger partial charge in [0.1, 0.15) is 11.2 Å². The van der Waals surface area contributed by atoms with Gasteiger partial charge in [-0.3, -0.25) is 9.59 Å². The predicted molar refractivity (Wildman–Crippen MR) is 81.0 cm³/mol. The van der Waals surface area contributed by atoms with Crippen LogP contribution in [-0.4, -0.2) is 60.8 Å². The molecule has 0 bridgehead atoms. The highest BCUT2D eigenvalue weighted by Crippen LogP contribution is 2.44. The molecule has 2 heterocycles. The van der Waals surface area contributed by atoms with E-state index in [0.717, 1.165) is 28.6 Å². The standard InChI is InChI=1S/C15H17FN2O5S/c1-10(19)17-6-11-7-18(9-15(11,8-17)14(20)21)24(22,23)13-4-2-12(16)3-5-13/h2-5,11H,6-9H2,1H3,(H,20,21)/t11-,15-/m0/s1. The second kappa shape index (κ2) is 5.52. The predicted octanol–water partition coefficient (Wildman–Crippen LogP) is 0.379. The number of carboxylic acids is 1. The number of hydrogen-bond donors (Lipinski definition) is 1. The van der Waals surface area contributed by atoms with Crippen molar-refractivity contribution in [2.24, 2.45) is 11.3 Å². The van der Waals surface area contributed by atoms with Crippen LogP contribution in [0.3, 0.4) is 0 Å². The largest absolute Gasteiger partial charge is 0.481 e. The van der Waals surface area contributed by atoms with E-state index in [-0.39, 0.29) is 37.0 Å². The minimum Gasteiger partial charge on any atom is -0.481 e. The molecular formula is C15H17FN2O5S. The number of fused-ring (bicyclic) bond motifs is 1. The molecule has 2 aliphatic heterocycles. The van der Waals surface area contributed by atoms with Crippen LogP contribution in [0.5, 0.6) is 0 Å². The summed E-state index contributed by atoms with van der Waals surface area (Å²) >= 11 is 0. The van der Waals surface area contributed by atoms with E-state index in [0.29, 0.717) is 0 Å². The topological polar surface area (TPSA) is 95.0 Å². The monoisotopic (exact) mass is 356 g/mol. The summed E-state index contributed by atoms with van der Waals surface area (Å²) in [7, 11) is -3.91. The van der Waals surface area contributed by atoms with Crippen LogP contribution < -0.4 is 0 Å². The summed E-state index contributed by atoms with van der Waals surface area (Å²) in [4.78, 5) is 24.7. The molecule has 0 unspecified atom stereocenters. The molecule has 0 saturated carbocycles. The van der Waals surface area contributed by atoms with Crippen LogP contribution in [0.1, 0.15) is 6.92 Å². The highest BCUT2D eigenvalue weighted by molar-refractivity contribution is 7.89. The van der Waals surface area contributed by atoms with Crippen LogP contribution in [0, 0.1) is 17.2 Å². The highest BCUT2D eigenvalue weighted by Gasteiger charge is 2.60. The Balaban J connectivity index is 1.90. The van der Waals surface area contributed by atoms with Gasteiger partial charge in [-0.25, -0.2) is 12.8 Å². The number of rotatable bonds is 3. The summed E-state index contributed by atoms with van der Waals surface area (Å²) in [5, 5.41) is 9.66. The van der Waals surface area contributed by atoms with E-state index in [4.69, 9.17) is 0 Å². The zero-order valence-corrected chi connectivity index (χ0v) is 13.8. The van der Waals surface area contributed by atoms with Crippen molar-refractivity contribution in [1.29, 1.82) is 0 Å². The maximum Gasteiger partial charge on any atom is 0.313 e. The molecule has 3 rings (SSSR count). The molecule has 0 aliphatic carbocycles. The number of carboxylic acid groups (broad SMARTS) is 1. The van der Waals surface area contributed by atoms with Crippen LogP contribution in [0.4, 0.5) is 4.39 Å². The van der Waals surface area contributed by atoms with Crippen molar-refractivity contribution < 1.29 is 27.5 Å². The van der Waals surface area contributed by atoms with E-state index in [9.17, 15) is 27.5 Å². The smallest absolute Gasteiger partial charge is 0.313 e. The highest BCUT2D eigenvalue weighted by atomic mass is 32.2. The Morgan fingerprint density at radius 1 is 1.21 bits per heavy atom. The Morgan fingerprint density at radius 2 is 1.83 bits per heavy atom. The Hall–Kier alpha value is -2.00. The number of sulfonamides is 1. The lowest BCUT2D eigenvalue weighted by molar-refractivity contribution is -0.148. The van der Waals surface area contributed by atoms with Crippen molar-refractivity contribution >= 4 is 21.9 Å². The van der Waals surface area contributed by atoms with Crippen LogP contribution >= 0.6 is 0 Å². The number of halogens is 1. The molecular weight excluding hydrogens is 339 g/mol. The van der Waals surface area contributed by atoms with E-state index in [2.05, 4.69) is 0 Å².